The number of rotatable bonds is 3. The van der Waals surface area contributed by atoms with E-state index in [-0.39, 0.29) is 13.0 Å². The number of alkyl halides is 2. The molecule has 4 rings (SSSR count). The van der Waals surface area contributed by atoms with Crippen molar-refractivity contribution in [3.63, 3.8) is 0 Å². The topological polar surface area (TPSA) is 64.2 Å². The summed E-state index contributed by atoms with van der Waals surface area (Å²) in [5.74, 6) is -2.57. The second-order valence-corrected chi connectivity index (χ2v) is 6.59. The Bertz CT molecular complexity index is 965. The van der Waals surface area contributed by atoms with Gasteiger partial charge in [0.1, 0.15) is 5.65 Å². The maximum absolute atomic E-state index is 13.3. The number of likely N-dealkylation sites (tertiary alicyclic amines) is 1. The average Bonchev–Trinajstić information content (AvgIpc) is 3.18. The quantitative estimate of drug-likeness (QED) is 0.784. The van der Waals surface area contributed by atoms with Gasteiger partial charge in [0.15, 0.2) is 0 Å². The summed E-state index contributed by atoms with van der Waals surface area (Å²) in [4.78, 5) is 17.4. The Morgan fingerprint density at radius 1 is 1.27 bits per heavy atom. The molecule has 1 radical (unpaired) electrons. The van der Waals surface area contributed by atoms with Crippen LogP contribution >= 0.6 is 0 Å². The highest BCUT2D eigenvalue weighted by atomic mass is 19.3. The number of benzene rings is 1. The van der Waals surface area contributed by atoms with Gasteiger partial charge in [-0.05, 0) is 17.2 Å². The Hall–Kier alpha value is -2.80. The van der Waals surface area contributed by atoms with Gasteiger partial charge in [-0.1, -0.05) is 24.3 Å². The van der Waals surface area contributed by atoms with Gasteiger partial charge < -0.3 is 5.73 Å². The van der Waals surface area contributed by atoms with Crippen LogP contribution in [-0.4, -0.2) is 39.5 Å². The maximum Gasteiger partial charge on any atom is 0.324 e. The number of carbonyl (C=O) groups is 1. The van der Waals surface area contributed by atoms with Crippen molar-refractivity contribution in [2.45, 2.75) is 18.9 Å². The number of fused-ring (bicyclic) bond motifs is 1. The first-order valence-corrected chi connectivity index (χ1v) is 8.29. The molecule has 0 bridgehead atoms. The molecule has 2 aromatic heterocycles. The van der Waals surface area contributed by atoms with Crippen LogP contribution in [0.15, 0.2) is 42.7 Å². The Balaban J connectivity index is 1.53. The zero-order valence-electron chi connectivity index (χ0n) is 14.0. The number of aromatic nitrogens is 2. The third kappa shape index (κ3) is 3.17. The lowest BCUT2D eigenvalue weighted by Crippen LogP contribution is -2.24. The summed E-state index contributed by atoms with van der Waals surface area (Å²) in [5, 5.41) is 0.699. The summed E-state index contributed by atoms with van der Waals surface area (Å²) in [5.41, 5.74) is 8.58. The van der Waals surface area contributed by atoms with Gasteiger partial charge in [-0.2, -0.15) is 0 Å². The SMILES string of the molecule is NC(=O)n1c[c]c2cc(-c3ccc(CN4CCC(F)(F)C4)cc3)cnc21. The minimum atomic E-state index is -2.57. The number of nitrogens with two attached hydrogens (primary N) is 1. The van der Waals surface area contributed by atoms with E-state index < -0.39 is 12.0 Å². The fraction of sp³-hybridized carbons (Fsp3) is 0.263. The number of primary amides is 1. The number of pyridine rings is 1. The highest BCUT2D eigenvalue weighted by molar-refractivity contribution is 5.90. The van der Waals surface area contributed by atoms with E-state index in [1.54, 1.807) is 11.1 Å². The molecule has 133 valence electrons. The number of carbonyl (C=O) groups excluding carboxylic acids is 1. The van der Waals surface area contributed by atoms with Gasteiger partial charge in [-0.15, -0.1) is 0 Å². The van der Waals surface area contributed by atoms with Crippen LogP contribution in [0.3, 0.4) is 0 Å². The van der Waals surface area contributed by atoms with Crippen molar-refractivity contribution in [2.24, 2.45) is 5.73 Å². The molecule has 0 aliphatic carbocycles. The Morgan fingerprint density at radius 3 is 2.69 bits per heavy atom. The normalized spacial score (nSPS) is 17.0. The van der Waals surface area contributed by atoms with Gasteiger partial charge in [0.2, 0.25) is 0 Å². The molecule has 1 fully saturated rings. The molecule has 7 heteroatoms. The summed E-state index contributed by atoms with van der Waals surface area (Å²) >= 11 is 0. The molecule has 1 aliphatic heterocycles. The summed E-state index contributed by atoms with van der Waals surface area (Å²) in [6, 6.07) is 12.0. The average molecular weight is 355 g/mol. The summed E-state index contributed by atoms with van der Waals surface area (Å²) < 4.78 is 27.8. The summed E-state index contributed by atoms with van der Waals surface area (Å²) in [6.07, 6.45) is 3.07. The molecular formula is C19H17F2N4O. The highest BCUT2D eigenvalue weighted by Crippen LogP contribution is 2.28. The van der Waals surface area contributed by atoms with Crippen LogP contribution < -0.4 is 5.73 Å². The molecule has 1 amide bonds. The van der Waals surface area contributed by atoms with E-state index in [4.69, 9.17) is 5.73 Å². The van der Waals surface area contributed by atoms with E-state index in [0.29, 0.717) is 24.1 Å². The Kier molecular flexibility index (Phi) is 3.96. The molecule has 1 saturated heterocycles. The third-order valence-corrected chi connectivity index (χ3v) is 4.62. The Morgan fingerprint density at radius 2 is 2.04 bits per heavy atom. The predicted molar refractivity (Wildman–Crippen MR) is 93.8 cm³/mol. The number of hydrogen-bond donors (Lipinski definition) is 1. The number of amides is 1. The van der Waals surface area contributed by atoms with Crippen LogP contribution in [0.25, 0.3) is 22.2 Å². The maximum atomic E-state index is 13.3. The van der Waals surface area contributed by atoms with E-state index in [9.17, 15) is 13.6 Å². The van der Waals surface area contributed by atoms with Crippen LogP contribution in [-0.2, 0) is 6.54 Å². The van der Waals surface area contributed by atoms with E-state index >= 15 is 0 Å². The zero-order valence-corrected chi connectivity index (χ0v) is 14.0. The van der Waals surface area contributed by atoms with Gasteiger partial charge in [0, 0.05) is 48.9 Å². The molecule has 3 aromatic rings. The van der Waals surface area contributed by atoms with Crippen LogP contribution in [0.4, 0.5) is 13.6 Å². The first kappa shape index (κ1) is 16.7. The molecule has 1 aromatic carbocycles. The fourth-order valence-corrected chi connectivity index (χ4v) is 3.28. The van der Waals surface area contributed by atoms with E-state index in [1.165, 1.54) is 10.8 Å². The van der Waals surface area contributed by atoms with Crippen molar-refractivity contribution < 1.29 is 13.6 Å². The molecule has 1 aliphatic rings. The minimum absolute atomic E-state index is 0.0712. The molecule has 0 saturated carbocycles. The lowest BCUT2D eigenvalue weighted by atomic mass is 10.0. The van der Waals surface area contributed by atoms with Gasteiger partial charge >= 0.3 is 6.03 Å². The summed E-state index contributed by atoms with van der Waals surface area (Å²) in [7, 11) is 0. The molecular weight excluding hydrogens is 338 g/mol. The fourth-order valence-electron chi connectivity index (χ4n) is 3.28. The first-order valence-electron chi connectivity index (χ1n) is 8.29. The van der Waals surface area contributed by atoms with Crippen molar-refractivity contribution in [1.29, 1.82) is 0 Å². The predicted octanol–water partition coefficient (Wildman–Crippen LogP) is 3.27. The number of nitrogens with zero attached hydrogens (tertiary/aromatic N) is 3. The van der Waals surface area contributed by atoms with Crippen LogP contribution in [0.5, 0.6) is 0 Å². The molecule has 26 heavy (non-hydrogen) atoms. The van der Waals surface area contributed by atoms with Crippen molar-refractivity contribution in [3.8, 4) is 11.1 Å². The molecule has 5 nitrogen and oxygen atoms in total. The van der Waals surface area contributed by atoms with Gasteiger partial charge in [0.05, 0.1) is 6.54 Å². The van der Waals surface area contributed by atoms with Crippen molar-refractivity contribution in [1.82, 2.24) is 14.5 Å². The molecule has 0 unspecified atom stereocenters. The lowest BCUT2D eigenvalue weighted by Gasteiger charge is -2.15. The molecule has 0 spiro atoms. The van der Waals surface area contributed by atoms with E-state index in [2.05, 4.69) is 11.1 Å². The number of hydrogen-bond acceptors (Lipinski definition) is 3. The standard InChI is InChI=1S/C19H17F2N4O/c20-19(21)6-8-24(12-19)11-13-1-3-14(4-2-13)16-9-15-5-7-25(18(22)26)17(15)23-10-16/h1-4,7,9-10H,6,8,11-12H2,(H2,22,26). The second-order valence-electron chi connectivity index (χ2n) is 6.59. The number of halogens is 2. The van der Waals surface area contributed by atoms with Crippen molar-refractivity contribution in [3.05, 3.63) is 54.4 Å². The van der Waals surface area contributed by atoms with Crippen LogP contribution in [0.1, 0.15) is 12.0 Å². The van der Waals surface area contributed by atoms with Crippen LogP contribution in [0.2, 0.25) is 0 Å². The van der Waals surface area contributed by atoms with E-state index in [0.717, 1.165) is 16.7 Å². The third-order valence-electron chi connectivity index (χ3n) is 4.62. The molecule has 2 N–H and O–H groups in total. The van der Waals surface area contributed by atoms with Crippen LogP contribution in [0, 0.1) is 6.07 Å². The van der Waals surface area contributed by atoms with Gasteiger partial charge in [0.25, 0.3) is 5.92 Å². The minimum Gasteiger partial charge on any atom is -0.351 e. The second kappa shape index (κ2) is 6.17. The largest absolute Gasteiger partial charge is 0.351 e. The molecule has 0 atom stereocenters. The van der Waals surface area contributed by atoms with Crippen molar-refractivity contribution >= 4 is 17.1 Å². The molecule has 3 heterocycles. The van der Waals surface area contributed by atoms with E-state index in [1.807, 2.05) is 30.3 Å². The van der Waals surface area contributed by atoms with Crippen molar-refractivity contribution in [2.75, 3.05) is 13.1 Å². The summed E-state index contributed by atoms with van der Waals surface area (Å²) in [6.45, 7) is 0.756. The first-order chi connectivity index (χ1) is 12.4. The Labute approximate surface area is 149 Å². The zero-order chi connectivity index (χ0) is 18.3. The van der Waals surface area contributed by atoms with Gasteiger partial charge in [-0.25, -0.2) is 18.6 Å². The smallest absolute Gasteiger partial charge is 0.324 e. The van der Waals surface area contributed by atoms with Gasteiger partial charge in [-0.3, -0.25) is 9.47 Å². The lowest BCUT2D eigenvalue weighted by molar-refractivity contribution is 0.0115. The highest BCUT2D eigenvalue weighted by Gasteiger charge is 2.37. The monoisotopic (exact) mass is 355 g/mol.